The van der Waals surface area contributed by atoms with Crippen LogP contribution < -0.4 is 0 Å². The maximum atomic E-state index is 12.9. The zero-order valence-corrected chi connectivity index (χ0v) is 16.0. The average molecular weight is 389 g/mol. The first-order chi connectivity index (χ1) is 12.9. The largest absolute Gasteiger partial charge is 0.348 e. The van der Waals surface area contributed by atoms with Gasteiger partial charge in [0.1, 0.15) is 0 Å². The fraction of sp³-hybridized carbons (Fsp3) is 0.500. The van der Waals surface area contributed by atoms with Gasteiger partial charge in [0.25, 0.3) is 0 Å². The minimum Gasteiger partial charge on any atom is -0.348 e. The van der Waals surface area contributed by atoms with Crippen LogP contribution in [0.25, 0.3) is 0 Å². The van der Waals surface area contributed by atoms with E-state index in [0.717, 1.165) is 17.0 Å². The van der Waals surface area contributed by atoms with Gasteiger partial charge in [0.2, 0.25) is 5.91 Å². The van der Waals surface area contributed by atoms with Crippen LogP contribution in [-0.4, -0.2) is 75.8 Å². The highest BCUT2D eigenvalue weighted by Crippen LogP contribution is 2.28. The van der Waals surface area contributed by atoms with Crippen molar-refractivity contribution >= 4 is 15.7 Å². The second-order valence-electron chi connectivity index (χ2n) is 7.28. The molecule has 2 aliphatic rings. The van der Waals surface area contributed by atoms with Gasteiger partial charge in [-0.2, -0.15) is 0 Å². The predicted molar refractivity (Wildman–Crippen MR) is 99.6 cm³/mol. The number of aromatic amines is 1. The molecule has 0 aliphatic carbocycles. The Kier molecular flexibility index (Phi) is 4.73. The maximum absolute atomic E-state index is 12.9. The number of fused-ring (bicyclic) bond motifs is 1. The van der Waals surface area contributed by atoms with Crippen LogP contribution in [0.15, 0.2) is 30.9 Å². The molecule has 0 spiro atoms. The van der Waals surface area contributed by atoms with Crippen molar-refractivity contribution in [1.82, 2.24) is 24.8 Å². The fourth-order valence-electron chi connectivity index (χ4n) is 4.05. The summed E-state index contributed by atoms with van der Waals surface area (Å²) in [5.74, 6) is 0.111. The van der Waals surface area contributed by atoms with E-state index in [1.807, 2.05) is 19.1 Å². The van der Waals surface area contributed by atoms with Crippen LogP contribution in [0.4, 0.5) is 0 Å². The Morgan fingerprint density at radius 1 is 1.22 bits per heavy atom. The number of amides is 1. The maximum Gasteiger partial charge on any atom is 0.227 e. The molecule has 2 atom stereocenters. The van der Waals surface area contributed by atoms with E-state index in [1.165, 1.54) is 0 Å². The number of hydrogen-bond donors (Lipinski definition) is 1. The summed E-state index contributed by atoms with van der Waals surface area (Å²) in [5.41, 5.74) is 2.81. The van der Waals surface area contributed by atoms with Crippen LogP contribution in [-0.2, 0) is 27.6 Å². The smallest absolute Gasteiger partial charge is 0.227 e. The number of aromatic nitrogens is 3. The molecule has 0 aromatic carbocycles. The van der Waals surface area contributed by atoms with Crippen molar-refractivity contribution < 1.29 is 13.2 Å². The van der Waals surface area contributed by atoms with Gasteiger partial charge >= 0.3 is 0 Å². The Morgan fingerprint density at radius 2 is 1.96 bits per heavy atom. The lowest BCUT2D eigenvalue weighted by Gasteiger charge is -2.43. The van der Waals surface area contributed by atoms with E-state index in [0.29, 0.717) is 19.6 Å². The zero-order valence-electron chi connectivity index (χ0n) is 15.2. The molecule has 9 heteroatoms. The van der Waals surface area contributed by atoms with Crippen LogP contribution >= 0.6 is 0 Å². The van der Waals surface area contributed by atoms with Crippen LogP contribution in [0.2, 0.25) is 0 Å². The minimum atomic E-state index is -3.16. The van der Waals surface area contributed by atoms with Crippen molar-refractivity contribution in [3.05, 3.63) is 47.8 Å². The van der Waals surface area contributed by atoms with E-state index in [2.05, 4.69) is 19.9 Å². The number of carbonyl (C=O) groups is 1. The van der Waals surface area contributed by atoms with Gasteiger partial charge < -0.3 is 9.88 Å². The number of piperazine rings is 1. The molecule has 4 heterocycles. The molecule has 0 radical (unpaired) electrons. The molecule has 27 heavy (non-hydrogen) atoms. The standard InChI is InChI=1S/C18H23N5O3S/c1-13-15(21-12-20-13)9-22-6-7-23(17-11-27(25,26)10-16(17)22)18(24)8-14-2-4-19-5-3-14/h2-5,12,16-17H,6-11H2,1H3,(H,20,21)/t16-,17+/m1/s1. The zero-order chi connectivity index (χ0) is 19.0. The van der Waals surface area contributed by atoms with Gasteiger partial charge in [-0.1, -0.05) is 0 Å². The van der Waals surface area contributed by atoms with E-state index in [4.69, 9.17) is 0 Å². The second kappa shape index (κ2) is 7.05. The summed E-state index contributed by atoms with van der Waals surface area (Å²) in [6.45, 7) is 3.73. The van der Waals surface area contributed by atoms with Crippen molar-refractivity contribution in [3.63, 3.8) is 0 Å². The topological polar surface area (TPSA) is 99.3 Å². The molecule has 2 aliphatic heterocycles. The highest BCUT2D eigenvalue weighted by molar-refractivity contribution is 7.91. The third-order valence-corrected chi connectivity index (χ3v) is 7.20. The summed E-state index contributed by atoms with van der Waals surface area (Å²) >= 11 is 0. The Morgan fingerprint density at radius 3 is 2.67 bits per heavy atom. The Bertz CT molecular complexity index is 927. The van der Waals surface area contributed by atoms with E-state index in [9.17, 15) is 13.2 Å². The number of rotatable bonds is 4. The van der Waals surface area contributed by atoms with Crippen LogP contribution in [0.5, 0.6) is 0 Å². The molecule has 1 amide bonds. The van der Waals surface area contributed by atoms with Gasteiger partial charge in [-0.15, -0.1) is 0 Å². The molecule has 2 saturated heterocycles. The predicted octanol–water partition coefficient (Wildman–Crippen LogP) is 0.166. The molecule has 2 fully saturated rings. The van der Waals surface area contributed by atoms with Crippen molar-refractivity contribution in [2.24, 2.45) is 0 Å². The van der Waals surface area contributed by atoms with Crippen molar-refractivity contribution in [2.45, 2.75) is 32.0 Å². The molecule has 0 bridgehead atoms. The molecular formula is C18H23N5O3S. The number of pyridine rings is 1. The molecule has 4 rings (SSSR count). The first kappa shape index (κ1) is 18.1. The summed E-state index contributed by atoms with van der Waals surface area (Å²) < 4.78 is 24.7. The molecule has 8 nitrogen and oxygen atoms in total. The van der Waals surface area contributed by atoms with Gasteiger partial charge in [-0.05, 0) is 24.6 Å². The third kappa shape index (κ3) is 3.74. The highest BCUT2D eigenvalue weighted by atomic mass is 32.2. The molecular weight excluding hydrogens is 366 g/mol. The normalized spacial score (nSPS) is 24.7. The Balaban J connectivity index is 1.53. The average Bonchev–Trinajstić information content (AvgIpc) is 3.18. The summed E-state index contributed by atoms with van der Waals surface area (Å²) in [7, 11) is -3.16. The van der Waals surface area contributed by atoms with Gasteiger partial charge in [0.05, 0.1) is 36.0 Å². The Labute approximate surface area is 158 Å². The first-order valence-corrected chi connectivity index (χ1v) is 10.9. The molecule has 0 unspecified atom stereocenters. The molecule has 144 valence electrons. The molecule has 0 saturated carbocycles. The molecule has 1 N–H and O–H groups in total. The lowest BCUT2D eigenvalue weighted by Crippen LogP contribution is -2.60. The number of nitrogens with zero attached hydrogens (tertiary/aromatic N) is 4. The lowest BCUT2D eigenvalue weighted by molar-refractivity contribution is -0.136. The summed E-state index contributed by atoms with van der Waals surface area (Å²) in [5, 5.41) is 0. The quantitative estimate of drug-likeness (QED) is 0.800. The van der Waals surface area contributed by atoms with Gasteiger partial charge in [-0.3, -0.25) is 14.7 Å². The molecule has 2 aromatic heterocycles. The second-order valence-corrected chi connectivity index (χ2v) is 9.43. The summed E-state index contributed by atoms with van der Waals surface area (Å²) in [4.78, 5) is 28.2. The highest BCUT2D eigenvalue weighted by Gasteiger charge is 2.47. The molecule has 2 aromatic rings. The lowest BCUT2D eigenvalue weighted by atomic mass is 10.0. The summed E-state index contributed by atoms with van der Waals surface area (Å²) in [6, 6.07) is 3.16. The van der Waals surface area contributed by atoms with Gasteiger partial charge in [-0.25, -0.2) is 13.4 Å². The number of imidazole rings is 1. The number of hydrogen-bond acceptors (Lipinski definition) is 6. The van der Waals surface area contributed by atoms with Crippen molar-refractivity contribution in [3.8, 4) is 0 Å². The number of nitrogens with one attached hydrogen (secondary N) is 1. The number of sulfone groups is 1. The monoisotopic (exact) mass is 389 g/mol. The number of carbonyl (C=O) groups excluding carboxylic acids is 1. The van der Waals surface area contributed by atoms with Crippen molar-refractivity contribution in [1.29, 1.82) is 0 Å². The van der Waals surface area contributed by atoms with Crippen LogP contribution in [0, 0.1) is 6.92 Å². The number of aryl methyl sites for hydroxylation is 1. The number of H-pyrrole nitrogens is 1. The first-order valence-electron chi connectivity index (χ1n) is 9.04. The SMILES string of the molecule is Cc1[nH]cnc1CN1CCN(C(=O)Cc2ccncc2)[C@H]2CS(=O)(=O)C[C@H]21. The minimum absolute atomic E-state index is 0.0242. The van der Waals surface area contributed by atoms with Gasteiger partial charge in [0.15, 0.2) is 9.84 Å². The van der Waals surface area contributed by atoms with Crippen LogP contribution in [0.3, 0.4) is 0 Å². The van der Waals surface area contributed by atoms with E-state index in [-0.39, 0.29) is 35.9 Å². The van der Waals surface area contributed by atoms with Crippen LogP contribution in [0.1, 0.15) is 17.0 Å². The third-order valence-electron chi connectivity index (χ3n) is 5.50. The Hall–Kier alpha value is -2.26. The summed E-state index contributed by atoms with van der Waals surface area (Å²) in [6.07, 6.45) is 5.25. The van der Waals surface area contributed by atoms with Crippen molar-refractivity contribution in [2.75, 3.05) is 24.6 Å². The van der Waals surface area contributed by atoms with E-state index >= 15 is 0 Å². The van der Waals surface area contributed by atoms with Gasteiger partial charge in [0, 0.05) is 43.8 Å². The van der Waals surface area contributed by atoms with E-state index in [1.54, 1.807) is 23.6 Å². The van der Waals surface area contributed by atoms with E-state index < -0.39 is 9.84 Å². The fourth-order valence-corrected chi connectivity index (χ4v) is 6.06.